The molecule has 0 heterocycles. The first-order valence-electron chi connectivity index (χ1n) is 8.11. The maximum absolute atomic E-state index is 9.56. The van der Waals surface area contributed by atoms with Crippen molar-refractivity contribution < 1.29 is 9.84 Å². The van der Waals surface area contributed by atoms with E-state index in [1.165, 1.54) is 5.56 Å². The predicted octanol–water partition coefficient (Wildman–Crippen LogP) is 4.69. The molecule has 2 unspecified atom stereocenters. The predicted molar refractivity (Wildman–Crippen MR) is 87.8 cm³/mol. The van der Waals surface area contributed by atoms with Crippen LogP contribution in [0.15, 0.2) is 24.3 Å². The van der Waals surface area contributed by atoms with Crippen LogP contribution in [0.1, 0.15) is 65.9 Å². The molecule has 1 fully saturated rings. The number of aliphatic hydroxyl groups is 1. The topological polar surface area (TPSA) is 29.5 Å². The van der Waals surface area contributed by atoms with Gasteiger partial charge in [0.15, 0.2) is 0 Å². The molecule has 0 bridgehead atoms. The first-order valence-corrected chi connectivity index (χ1v) is 8.11. The fraction of sp³-hybridized carbons (Fsp3) is 0.684. The second-order valence-corrected chi connectivity index (χ2v) is 8.35. The molecule has 2 atom stereocenters. The molecule has 1 aliphatic rings. The summed E-state index contributed by atoms with van der Waals surface area (Å²) in [7, 11) is 0. The highest BCUT2D eigenvalue weighted by atomic mass is 16.5. The second-order valence-electron chi connectivity index (χ2n) is 8.35. The molecule has 0 spiro atoms. The van der Waals surface area contributed by atoms with Crippen molar-refractivity contribution in [3.8, 4) is 5.75 Å². The molecule has 0 aliphatic heterocycles. The van der Waals surface area contributed by atoms with Gasteiger partial charge in [0.25, 0.3) is 0 Å². The van der Waals surface area contributed by atoms with Crippen LogP contribution in [0.5, 0.6) is 5.75 Å². The summed E-state index contributed by atoms with van der Waals surface area (Å²) >= 11 is 0. The van der Waals surface area contributed by atoms with Gasteiger partial charge in [0, 0.05) is 6.42 Å². The van der Waals surface area contributed by atoms with E-state index in [1.54, 1.807) is 0 Å². The largest absolute Gasteiger partial charge is 0.490 e. The summed E-state index contributed by atoms with van der Waals surface area (Å²) in [5.74, 6) is 0.921. The third-order valence-corrected chi connectivity index (χ3v) is 4.27. The van der Waals surface area contributed by atoms with E-state index >= 15 is 0 Å². The zero-order valence-corrected chi connectivity index (χ0v) is 14.1. The summed E-state index contributed by atoms with van der Waals surface area (Å²) in [5, 5.41) is 9.56. The van der Waals surface area contributed by atoms with E-state index < -0.39 is 0 Å². The number of hydrogen-bond acceptors (Lipinski definition) is 2. The number of hydrogen-bond donors (Lipinski definition) is 1. The average Bonchev–Trinajstić information content (AvgIpc) is 2.72. The normalized spacial score (nSPS) is 23.3. The molecule has 1 aliphatic carbocycles. The highest BCUT2D eigenvalue weighted by Crippen LogP contribution is 2.37. The Morgan fingerprint density at radius 2 is 1.67 bits per heavy atom. The van der Waals surface area contributed by atoms with Gasteiger partial charge in [-0.2, -0.15) is 0 Å². The highest BCUT2D eigenvalue weighted by Gasteiger charge is 2.28. The summed E-state index contributed by atoms with van der Waals surface area (Å²) in [4.78, 5) is 0. The molecule has 0 amide bonds. The van der Waals surface area contributed by atoms with Crippen molar-refractivity contribution in [2.24, 2.45) is 5.41 Å². The first kappa shape index (κ1) is 16.4. The Labute approximate surface area is 129 Å². The fourth-order valence-electron chi connectivity index (χ4n) is 3.63. The molecule has 0 saturated heterocycles. The number of benzene rings is 1. The Kier molecular flexibility index (Phi) is 4.67. The van der Waals surface area contributed by atoms with Crippen LogP contribution < -0.4 is 4.74 Å². The Hall–Kier alpha value is -1.02. The van der Waals surface area contributed by atoms with E-state index in [2.05, 4.69) is 58.9 Å². The highest BCUT2D eigenvalue weighted by molar-refractivity contribution is 5.32. The fourth-order valence-corrected chi connectivity index (χ4v) is 3.63. The van der Waals surface area contributed by atoms with Crippen LogP contribution in [-0.4, -0.2) is 17.3 Å². The third-order valence-electron chi connectivity index (χ3n) is 4.27. The quantitative estimate of drug-likeness (QED) is 0.871. The van der Waals surface area contributed by atoms with Crippen molar-refractivity contribution in [2.75, 3.05) is 0 Å². The van der Waals surface area contributed by atoms with Crippen LogP contribution in [0.3, 0.4) is 0 Å². The molecule has 1 aromatic rings. The van der Waals surface area contributed by atoms with E-state index in [0.717, 1.165) is 31.4 Å². The minimum Gasteiger partial charge on any atom is -0.490 e. The zero-order chi connectivity index (χ0) is 15.7. The van der Waals surface area contributed by atoms with Crippen molar-refractivity contribution in [3.05, 3.63) is 29.8 Å². The maximum Gasteiger partial charge on any atom is 0.119 e. The lowest BCUT2D eigenvalue weighted by atomic mass is 9.72. The van der Waals surface area contributed by atoms with E-state index in [1.807, 2.05) is 0 Å². The van der Waals surface area contributed by atoms with Gasteiger partial charge in [-0.1, -0.05) is 46.8 Å². The van der Waals surface area contributed by atoms with Crippen molar-refractivity contribution in [1.29, 1.82) is 0 Å². The van der Waals surface area contributed by atoms with Gasteiger partial charge < -0.3 is 9.84 Å². The summed E-state index contributed by atoms with van der Waals surface area (Å²) in [6.45, 7) is 11.5. The van der Waals surface area contributed by atoms with Crippen LogP contribution in [0.2, 0.25) is 0 Å². The number of ether oxygens (including phenoxy) is 1. The van der Waals surface area contributed by atoms with Gasteiger partial charge in [-0.05, 0) is 47.8 Å². The van der Waals surface area contributed by atoms with Crippen molar-refractivity contribution in [1.82, 2.24) is 0 Å². The molecular formula is C19H30O2. The Bertz CT molecular complexity index is 453. The molecule has 2 heteroatoms. The summed E-state index contributed by atoms with van der Waals surface area (Å²) in [6, 6.07) is 8.52. The standard InChI is InChI=1S/C19H30O2/c1-18(2,3)13-19(4,5)14-6-9-16(10-7-14)21-17-11-8-15(20)12-17/h6-7,9-10,15,17,20H,8,11-13H2,1-5H3. The van der Waals surface area contributed by atoms with Gasteiger partial charge >= 0.3 is 0 Å². The molecule has 1 N–H and O–H groups in total. The third kappa shape index (κ3) is 4.74. The zero-order valence-electron chi connectivity index (χ0n) is 14.1. The number of rotatable bonds is 4. The van der Waals surface area contributed by atoms with Gasteiger partial charge in [-0.3, -0.25) is 0 Å². The minimum absolute atomic E-state index is 0.167. The van der Waals surface area contributed by atoms with Crippen LogP contribution in [0.25, 0.3) is 0 Å². The van der Waals surface area contributed by atoms with Gasteiger partial charge in [0.1, 0.15) is 11.9 Å². The van der Waals surface area contributed by atoms with Crippen LogP contribution >= 0.6 is 0 Å². The van der Waals surface area contributed by atoms with Crippen LogP contribution in [0, 0.1) is 5.41 Å². The van der Waals surface area contributed by atoms with Crippen LogP contribution in [0.4, 0.5) is 0 Å². The molecule has 1 aromatic carbocycles. The van der Waals surface area contributed by atoms with E-state index in [0.29, 0.717) is 5.41 Å². The molecule has 118 valence electrons. The van der Waals surface area contributed by atoms with Gasteiger partial charge in [0.2, 0.25) is 0 Å². The van der Waals surface area contributed by atoms with Crippen molar-refractivity contribution in [2.45, 2.75) is 77.9 Å². The Morgan fingerprint density at radius 1 is 1.05 bits per heavy atom. The summed E-state index contributed by atoms with van der Waals surface area (Å²) in [6.07, 6.45) is 3.72. The lowest BCUT2D eigenvalue weighted by Gasteiger charge is -2.33. The van der Waals surface area contributed by atoms with Crippen molar-refractivity contribution >= 4 is 0 Å². The van der Waals surface area contributed by atoms with E-state index in [4.69, 9.17) is 4.74 Å². The molecule has 21 heavy (non-hydrogen) atoms. The first-order chi connectivity index (χ1) is 9.66. The SMILES string of the molecule is CC(C)(C)CC(C)(C)c1ccc(OC2CCC(O)C2)cc1. The van der Waals surface area contributed by atoms with Gasteiger partial charge in [0.05, 0.1) is 6.10 Å². The van der Waals surface area contributed by atoms with Crippen LogP contribution in [-0.2, 0) is 5.41 Å². The van der Waals surface area contributed by atoms with Gasteiger partial charge in [-0.25, -0.2) is 0 Å². The smallest absolute Gasteiger partial charge is 0.119 e. The second kappa shape index (κ2) is 6.00. The molecule has 2 nitrogen and oxygen atoms in total. The molecular weight excluding hydrogens is 260 g/mol. The monoisotopic (exact) mass is 290 g/mol. The van der Waals surface area contributed by atoms with E-state index in [-0.39, 0.29) is 17.6 Å². The molecule has 1 saturated carbocycles. The average molecular weight is 290 g/mol. The Balaban J connectivity index is 2.01. The minimum atomic E-state index is -0.181. The van der Waals surface area contributed by atoms with E-state index in [9.17, 15) is 5.11 Å². The lowest BCUT2D eigenvalue weighted by Crippen LogP contribution is -2.24. The summed E-state index contributed by atoms with van der Waals surface area (Å²) < 4.78 is 5.95. The molecule has 2 rings (SSSR count). The Morgan fingerprint density at radius 3 is 2.14 bits per heavy atom. The molecule has 0 radical (unpaired) electrons. The van der Waals surface area contributed by atoms with Gasteiger partial charge in [-0.15, -0.1) is 0 Å². The molecule has 0 aromatic heterocycles. The lowest BCUT2D eigenvalue weighted by molar-refractivity contribution is 0.149. The number of aliphatic hydroxyl groups excluding tert-OH is 1. The maximum atomic E-state index is 9.56. The summed E-state index contributed by atoms with van der Waals surface area (Å²) in [5.41, 5.74) is 1.84. The van der Waals surface area contributed by atoms with Crippen molar-refractivity contribution in [3.63, 3.8) is 0 Å².